The summed E-state index contributed by atoms with van der Waals surface area (Å²) in [7, 11) is 0. The first kappa shape index (κ1) is 20.1. The molecule has 1 fully saturated rings. The molecule has 5 nitrogen and oxygen atoms in total. The van der Waals surface area contributed by atoms with E-state index >= 15 is 0 Å². The zero-order chi connectivity index (χ0) is 19.4. The highest BCUT2D eigenvalue weighted by atomic mass is 32.2. The maximum absolute atomic E-state index is 12.6. The third-order valence-corrected chi connectivity index (χ3v) is 7.38. The maximum Gasteiger partial charge on any atom is 0.233 e. The predicted molar refractivity (Wildman–Crippen MR) is 114 cm³/mol. The van der Waals surface area contributed by atoms with Gasteiger partial charge >= 0.3 is 0 Å². The van der Waals surface area contributed by atoms with Crippen LogP contribution < -0.4 is 10.6 Å². The Hall–Kier alpha value is -1.60. The fourth-order valence-electron chi connectivity index (χ4n) is 3.44. The van der Waals surface area contributed by atoms with Gasteiger partial charge in [-0.1, -0.05) is 61.9 Å². The van der Waals surface area contributed by atoms with Gasteiger partial charge in [0.2, 0.25) is 11.0 Å². The van der Waals surface area contributed by atoms with E-state index in [0.29, 0.717) is 11.8 Å². The first-order valence-corrected chi connectivity index (χ1v) is 11.3. The minimum atomic E-state index is -0.186. The standard InChI is InChI=1S/C20H28N4OS2/c1-12-7-5-9-16(11-12)21-19-23-24-20(27-19)26-15(4)18(25)22-17-10-6-8-13(2)14(17)3/h5,7,9,11,13-15,17H,6,8,10H2,1-4H3,(H,21,23)(H,22,25)/t13-,14-,15+,17+/m0/s1. The number of anilines is 2. The van der Waals surface area contributed by atoms with Gasteiger partial charge in [-0.2, -0.15) is 0 Å². The Morgan fingerprint density at radius 1 is 1.30 bits per heavy atom. The SMILES string of the molecule is Cc1cccc(Nc2nnc(S[C@H](C)C(=O)N[C@@H]3CCC[C@H](C)[C@@H]3C)s2)c1. The van der Waals surface area contributed by atoms with Crippen LogP contribution in [0.15, 0.2) is 28.6 Å². The molecule has 0 spiro atoms. The molecular formula is C20H28N4OS2. The van der Waals surface area contributed by atoms with Crippen molar-refractivity contribution in [3.05, 3.63) is 29.8 Å². The number of amides is 1. The van der Waals surface area contributed by atoms with Crippen molar-refractivity contribution in [1.82, 2.24) is 15.5 Å². The number of hydrogen-bond donors (Lipinski definition) is 2. The second-order valence-corrected chi connectivity index (χ2v) is 10.1. The quantitative estimate of drug-likeness (QED) is 0.662. The van der Waals surface area contributed by atoms with Crippen molar-refractivity contribution in [3.63, 3.8) is 0 Å². The van der Waals surface area contributed by atoms with Gasteiger partial charge in [-0.3, -0.25) is 4.79 Å². The molecule has 0 aliphatic heterocycles. The fraction of sp³-hybridized carbons (Fsp3) is 0.550. The second-order valence-electron chi connectivity index (χ2n) is 7.51. The Balaban J connectivity index is 1.54. The smallest absolute Gasteiger partial charge is 0.233 e. The topological polar surface area (TPSA) is 66.9 Å². The van der Waals surface area contributed by atoms with Crippen LogP contribution in [0.25, 0.3) is 0 Å². The molecule has 4 atom stereocenters. The van der Waals surface area contributed by atoms with E-state index in [-0.39, 0.29) is 17.2 Å². The van der Waals surface area contributed by atoms with Crippen molar-refractivity contribution >= 4 is 39.8 Å². The van der Waals surface area contributed by atoms with Gasteiger partial charge in [-0.15, -0.1) is 10.2 Å². The lowest BCUT2D eigenvalue weighted by Gasteiger charge is -2.35. The van der Waals surface area contributed by atoms with E-state index in [1.165, 1.54) is 41.5 Å². The van der Waals surface area contributed by atoms with Crippen LogP contribution in [0.4, 0.5) is 10.8 Å². The van der Waals surface area contributed by atoms with Gasteiger partial charge in [-0.05, 0) is 49.8 Å². The lowest BCUT2D eigenvalue weighted by molar-refractivity contribution is -0.121. The predicted octanol–water partition coefficient (Wildman–Crippen LogP) is 5.01. The van der Waals surface area contributed by atoms with Crippen LogP contribution in [0.3, 0.4) is 0 Å². The Morgan fingerprint density at radius 3 is 2.89 bits per heavy atom. The largest absolute Gasteiger partial charge is 0.352 e. The second kappa shape index (κ2) is 9.06. The lowest BCUT2D eigenvalue weighted by Crippen LogP contribution is -2.46. The highest BCUT2D eigenvalue weighted by Gasteiger charge is 2.29. The van der Waals surface area contributed by atoms with Gasteiger partial charge < -0.3 is 10.6 Å². The van der Waals surface area contributed by atoms with E-state index in [2.05, 4.69) is 53.7 Å². The first-order valence-electron chi connectivity index (χ1n) is 9.56. The Kier molecular flexibility index (Phi) is 6.76. The van der Waals surface area contributed by atoms with Gasteiger partial charge in [0.25, 0.3) is 0 Å². The molecule has 2 N–H and O–H groups in total. The molecule has 1 heterocycles. The molecule has 0 bridgehead atoms. The van der Waals surface area contributed by atoms with E-state index in [4.69, 9.17) is 0 Å². The molecular weight excluding hydrogens is 376 g/mol. The normalized spacial score (nSPS) is 23.6. The summed E-state index contributed by atoms with van der Waals surface area (Å²) < 4.78 is 0.804. The Labute approximate surface area is 169 Å². The summed E-state index contributed by atoms with van der Waals surface area (Å²) in [6, 6.07) is 8.42. The lowest BCUT2D eigenvalue weighted by atomic mass is 9.78. The molecule has 1 saturated carbocycles. The van der Waals surface area contributed by atoms with E-state index in [9.17, 15) is 4.79 Å². The average molecular weight is 405 g/mol. The number of rotatable bonds is 6. The number of hydrogen-bond acceptors (Lipinski definition) is 6. The number of carbonyl (C=O) groups excluding carboxylic acids is 1. The number of nitrogens with one attached hydrogen (secondary N) is 2. The van der Waals surface area contributed by atoms with Crippen molar-refractivity contribution in [2.45, 2.75) is 62.6 Å². The zero-order valence-electron chi connectivity index (χ0n) is 16.4. The Bertz CT molecular complexity index is 779. The molecule has 1 aromatic heterocycles. The van der Waals surface area contributed by atoms with Gasteiger partial charge in [0.15, 0.2) is 4.34 Å². The molecule has 0 unspecified atom stereocenters. The van der Waals surface area contributed by atoms with Gasteiger partial charge in [0.1, 0.15) is 0 Å². The molecule has 3 rings (SSSR count). The zero-order valence-corrected chi connectivity index (χ0v) is 18.0. The summed E-state index contributed by atoms with van der Waals surface area (Å²) in [6.07, 6.45) is 3.54. The van der Waals surface area contributed by atoms with Crippen LogP contribution in [0, 0.1) is 18.8 Å². The maximum atomic E-state index is 12.6. The van der Waals surface area contributed by atoms with Gasteiger partial charge in [0.05, 0.1) is 5.25 Å². The molecule has 27 heavy (non-hydrogen) atoms. The van der Waals surface area contributed by atoms with E-state index in [1.807, 2.05) is 19.1 Å². The van der Waals surface area contributed by atoms with E-state index < -0.39 is 0 Å². The summed E-state index contributed by atoms with van der Waals surface area (Å²) in [6.45, 7) is 8.53. The molecule has 2 aromatic rings. The van der Waals surface area contributed by atoms with Gasteiger partial charge in [-0.25, -0.2) is 0 Å². The minimum Gasteiger partial charge on any atom is -0.352 e. The summed E-state index contributed by atoms with van der Waals surface area (Å²) in [5.41, 5.74) is 2.18. The molecule has 1 aromatic carbocycles. The average Bonchev–Trinajstić information content (AvgIpc) is 3.05. The highest BCUT2D eigenvalue weighted by Crippen LogP contribution is 2.32. The third-order valence-electron chi connectivity index (χ3n) is 5.36. The molecule has 146 valence electrons. The minimum absolute atomic E-state index is 0.0920. The Morgan fingerprint density at radius 2 is 2.11 bits per heavy atom. The van der Waals surface area contributed by atoms with Crippen LogP contribution in [0.5, 0.6) is 0 Å². The van der Waals surface area contributed by atoms with Crippen molar-refractivity contribution in [2.75, 3.05) is 5.32 Å². The molecule has 1 aliphatic rings. The number of thioether (sulfide) groups is 1. The molecule has 1 aliphatic carbocycles. The van der Waals surface area contributed by atoms with E-state index in [0.717, 1.165) is 21.6 Å². The fourth-order valence-corrected chi connectivity index (χ4v) is 5.37. The monoisotopic (exact) mass is 404 g/mol. The first-order chi connectivity index (χ1) is 12.9. The van der Waals surface area contributed by atoms with Crippen molar-refractivity contribution in [3.8, 4) is 0 Å². The van der Waals surface area contributed by atoms with Crippen molar-refractivity contribution < 1.29 is 4.79 Å². The molecule has 0 radical (unpaired) electrons. The molecule has 1 amide bonds. The van der Waals surface area contributed by atoms with Crippen LogP contribution in [0.1, 0.15) is 45.6 Å². The number of carbonyl (C=O) groups is 1. The van der Waals surface area contributed by atoms with Crippen LogP contribution in [-0.2, 0) is 4.79 Å². The summed E-state index contributed by atoms with van der Waals surface area (Å²) in [4.78, 5) is 12.6. The molecule has 7 heteroatoms. The number of aromatic nitrogens is 2. The van der Waals surface area contributed by atoms with Crippen molar-refractivity contribution in [2.24, 2.45) is 11.8 Å². The third kappa shape index (κ3) is 5.45. The number of benzene rings is 1. The summed E-state index contributed by atoms with van der Waals surface area (Å²) in [5, 5.41) is 15.5. The van der Waals surface area contributed by atoms with Crippen LogP contribution >= 0.6 is 23.1 Å². The summed E-state index contributed by atoms with van der Waals surface area (Å²) in [5.74, 6) is 1.30. The number of aryl methyl sites for hydroxylation is 1. The number of nitrogens with zero attached hydrogens (tertiary/aromatic N) is 2. The van der Waals surface area contributed by atoms with Crippen molar-refractivity contribution in [1.29, 1.82) is 0 Å². The molecule has 0 saturated heterocycles. The van der Waals surface area contributed by atoms with Gasteiger partial charge in [0, 0.05) is 11.7 Å². The van der Waals surface area contributed by atoms with Crippen LogP contribution in [-0.4, -0.2) is 27.4 Å². The highest BCUT2D eigenvalue weighted by molar-refractivity contribution is 8.02. The summed E-state index contributed by atoms with van der Waals surface area (Å²) >= 11 is 2.95. The van der Waals surface area contributed by atoms with Crippen LogP contribution in [0.2, 0.25) is 0 Å². The van der Waals surface area contributed by atoms with E-state index in [1.54, 1.807) is 0 Å².